The molecule has 0 amide bonds. The third-order valence-corrected chi connectivity index (χ3v) is 5.75. The second kappa shape index (κ2) is 8.96. The van der Waals surface area contributed by atoms with Gasteiger partial charge in [0.2, 0.25) is 0 Å². The van der Waals surface area contributed by atoms with Gasteiger partial charge in [0.25, 0.3) is 5.76 Å². The molecule has 0 aliphatic heterocycles. The van der Waals surface area contributed by atoms with Crippen LogP contribution < -0.4 is 0 Å². The quantitative estimate of drug-likeness (QED) is 0.390. The zero-order chi connectivity index (χ0) is 18.3. The number of hydrogen-bond donors (Lipinski definition) is 0. The van der Waals surface area contributed by atoms with Gasteiger partial charge in [0.1, 0.15) is 0 Å². The van der Waals surface area contributed by atoms with Gasteiger partial charge >= 0.3 is 5.97 Å². The van der Waals surface area contributed by atoms with Gasteiger partial charge in [-0.15, -0.1) is 0 Å². The number of halogens is 2. The van der Waals surface area contributed by atoms with E-state index in [4.69, 9.17) is 4.74 Å². The largest absolute Gasteiger partial charge is 0.462 e. The number of ether oxygens (including phenoxy) is 1. The molecule has 0 heterocycles. The van der Waals surface area contributed by atoms with E-state index >= 15 is 0 Å². The summed E-state index contributed by atoms with van der Waals surface area (Å²) in [4.78, 5) is 12.4. The highest BCUT2D eigenvalue weighted by atomic mass is 32.2. The van der Waals surface area contributed by atoms with E-state index in [9.17, 15) is 22.0 Å². The molecular formula is C17H16F2O4S2. The van der Waals surface area contributed by atoms with Gasteiger partial charge in [-0.1, -0.05) is 30.0 Å². The van der Waals surface area contributed by atoms with Crippen LogP contribution in [0.25, 0.3) is 0 Å². The molecule has 8 heteroatoms. The first-order valence-corrected chi connectivity index (χ1v) is 9.91. The molecule has 0 radical (unpaired) electrons. The summed E-state index contributed by atoms with van der Waals surface area (Å²) in [6.07, 6.45) is 0.169. The van der Waals surface area contributed by atoms with Gasteiger partial charge < -0.3 is 4.74 Å². The third kappa shape index (κ3) is 6.13. The third-order valence-electron chi connectivity index (χ3n) is 3.21. The predicted molar refractivity (Wildman–Crippen MR) is 91.7 cm³/mol. The number of esters is 1. The Morgan fingerprint density at radius 1 is 1.04 bits per heavy atom. The lowest BCUT2D eigenvalue weighted by Crippen LogP contribution is -2.12. The van der Waals surface area contributed by atoms with Crippen LogP contribution in [0.1, 0.15) is 16.8 Å². The summed E-state index contributed by atoms with van der Waals surface area (Å²) in [6, 6.07) is 13.7. The number of hydrogen-bond acceptors (Lipinski definition) is 5. The smallest absolute Gasteiger partial charge is 0.338 e. The van der Waals surface area contributed by atoms with Crippen molar-refractivity contribution in [2.24, 2.45) is 0 Å². The Morgan fingerprint density at radius 2 is 1.68 bits per heavy atom. The molecule has 0 saturated heterocycles. The number of rotatable bonds is 8. The highest BCUT2D eigenvalue weighted by Crippen LogP contribution is 2.25. The van der Waals surface area contributed by atoms with Crippen LogP contribution in [0.5, 0.6) is 0 Å². The van der Waals surface area contributed by atoms with Crippen LogP contribution in [-0.2, 0) is 14.6 Å². The van der Waals surface area contributed by atoms with Crippen molar-refractivity contribution in [1.29, 1.82) is 0 Å². The van der Waals surface area contributed by atoms with E-state index in [1.165, 1.54) is 36.4 Å². The van der Waals surface area contributed by atoms with Crippen LogP contribution in [-0.4, -0.2) is 32.5 Å². The minimum atomic E-state index is -3.41. The van der Waals surface area contributed by atoms with Gasteiger partial charge in [0.05, 0.1) is 22.8 Å². The molecule has 0 bridgehead atoms. The number of carbonyl (C=O) groups is 1. The first kappa shape index (κ1) is 19.4. The SMILES string of the molecule is O=C(OCCCS(=O)(=O)c1ccccc1)c1ccc(SC(F)F)cc1. The second-order valence-electron chi connectivity index (χ2n) is 5.02. The van der Waals surface area contributed by atoms with E-state index < -0.39 is 21.6 Å². The molecule has 2 rings (SSSR count). The van der Waals surface area contributed by atoms with Crippen molar-refractivity contribution in [2.75, 3.05) is 12.4 Å². The molecule has 4 nitrogen and oxygen atoms in total. The van der Waals surface area contributed by atoms with E-state index in [1.54, 1.807) is 18.2 Å². The standard InChI is InChI=1S/C17H16F2O4S2/c18-17(19)24-14-9-7-13(8-10-14)16(20)23-11-4-12-25(21,22)15-5-2-1-3-6-15/h1-3,5-10,17H,4,11-12H2. The predicted octanol–water partition coefficient (Wildman–Crippen LogP) is 4.02. The van der Waals surface area contributed by atoms with Crippen LogP contribution in [0.15, 0.2) is 64.4 Å². The Kier molecular flexibility index (Phi) is 6.95. The fraction of sp³-hybridized carbons (Fsp3) is 0.235. The van der Waals surface area contributed by atoms with Crippen LogP contribution in [0.2, 0.25) is 0 Å². The zero-order valence-electron chi connectivity index (χ0n) is 13.1. The molecule has 0 saturated carbocycles. The lowest BCUT2D eigenvalue weighted by molar-refractivity contribution is 0.0505. The molecule has 0 unspecified atom stereocenters. The monoisotopic (exact) mass is 386 g/mol. The Bertz CT molecular complexity index is 791. The van der Waals surface area contributed by atoms with Crippen molar-refractivity contribution in [3.05, 3.63) is 60.2 Å². The molecule has 134 valence electrons. The van der Waals surface area contributed by atoms with Crippen LogP contribution in [0.3, 0.4) is 0 Å². The van der Waals surface area contributed by atoms with Gasteiger partial charge in [-0.05, 0) is 42.8 Å². The highest BCUT2D eigenvalue weighted by molar-refractivity contribution is 7.99. The summed E-state index contributed by atoms with van der Waals surface area (Å²) in [5, 5.41) is 0. The van der Waals surface area contributed by atoms with Crippen molar-refractivity contribution in [3.63, 3.8) is 0 Å². The van der Waals surface area contributed by atoms with Crippen molar-refractivity contribution in [1.82, 2.24) is 0 Å². The van der Waals surface area contributed by atoms with Crippen LogP contribution in [0, 0.1) is 0 Å². The molecule has 2 aromatic rings. The van der Waals surface area contributed by atoms with Crippen LogP contribution in [0.4, 0.5) is 8.78 Å². The van der Waals surface area contributed by atoms with E-state index in [1.807, 2.05) is 0 Å². The molecule has 0 aliphatic carbocycles. The maximum Gasteiger partial charge on any atom is 0.338 e. The lowest BCUT2D eigenvalue weighted by Gasteiger charge is -2.07. The molecule has 0 spiro atoms. The first-order valence-electron chi connectivity index (χ1n) is 7.38. The normalized spacial score (nSPS) is 11.5. The molecule has 0 atom stereocenters. The summed E-state index contributed by atoms with van der Waals surface area (Å²) in [7, 11) is -3.41. The molecule has 0 aliphatic rings. The van der Waals surface area contributed by atoms with E-state index in [2.05, 4.69) is 0 Å². The number of benzene rings is 2. The average Bonchev–Trinajstić information content (AvgIpc) is 2.59. The van der Waals surface area contributed by atoms with Gasteiger partial charge in [-0.25, -0.2) is 13.2 Å². The van der Waals surface area contributed by atoms with Crippen molar-refractivity contribution in [3.8, 4) is 0 Å². The number of carbonyl (C=O) groups excluding carboxylic acids is 1. The molecule has 0 N–H and O–H groups in total. The summed E-state index contributed by atoms with van der Waals surface area (Å²) < 4.78 is 53.6. The molecule has 25 heavy (non-hydrogen) atoms. The lowest BCUT2D eigenvalue weighted by atomic mass is 10.2. The zero-order valence-corrected chi connectivity index (χ0v) is 14.7. The second-order valence-corrected chi connectivity index (χ2v) is 8.20. The minimum absolute atomic E-state index is 0.0432. The van der Waals surface area contributed by atoms with Crippen LogP contribution >= 0.6 is 11.8 Å². The summed E-state index contributed by atoms with van der Waals surface area (Å²) in [5.74, 6) is -3.27. The summed E-state index contributed by atoms with van der Waals surface area (Å²) in [5.41, 5.74) is 0.226. The van der Waals surface area contributed by atoms with Gasteiger partial charge in [-0.3, -0.25) is 0 Å². The van der Waals surface area contributed by atoms with Gasteiger partial charge in [0.15, 0.2) is 9.84 Å². The Morgan fingerprint density at radius 3 is 2.28 bits per heavy atom. The molecular weight excluding hydrogens is 370 g/mol. The Hall–Kier alpha value is -1.93. The maximum atomic E-state index is 12.2. The fourth-order valence-electron chi connectivity index (χ4n) is 2.02. The summed E-state index contributed by atoms with van der Waals surface area (Å²) >= 11 is 0.389. The number of alkyl halides is 2. The van der Waals surface area contributed by atoms with Crippen molar-refractivity contribution >= 4 is 27.6 Å². The van der Waals surface area contributed by atoms with Crippen molar-refractivity contribution in [2.45, 2.75) is 22.0 Å². The number of thioether (sulfide) groups is 1. The minimum Gasteiger partial charge on any atom is -0.462 e. The Labute approximate surface area is 149 Å². The summed E-state index contributed by atoms with van der Waals surface area (Å²) in [6.45, 7) is -0.0432. The van der Waals surface area contributed by atoms with Crippen molar-refractivity contribution < 1.29 is 26.7 Å². The number of sulfone groups is 1. The topological polar surface area (TPSA) is 60.4 Å². The van der Waals surface area contributed by atoms with E-state index in [-0.39, 0.29) is 29.2 Å². The molecule has 0 aromatic heterocycles. The van der Waals surface area contributed by atoms with E-state index in [0.717, 1.165) is 0 Å². The van der Waals surface area contributed by atoms with Gasteiger partial charge in [-0.2, -0.15) is 8.78 Å². The first-order chi connectivity index (χ1) is 11.9. The molecule has 2 aromatic carbocycles. The molecule has 0 fully saturated rings. The average molecular weight is 386 g/mol. The van der Waals surface area contributed by atoms with Gasteiger partial charge in [0, 0.05) is 4.90 Å². The Balaban J connectivity index is 1.80. The van der Waals surface area contributed by atoms with E-state index in [0.29, 0.717) is 16.7 Å². The highest BCUT2D eigenvalue weighted by Gasteiger charge is 2.14. The maximum absolute atomic E-state index is 12.2. The fourth-order valence-corrected chi connectivity index (χ4v) is 3.82.